The molecule has 2 N–H and O–H groups in total. The number of hydrogen-bond acceptors (Lipinski definition) is 4. The predicted octanol–water partition coefficient (Wildman–Crippen LogP) is 0.0792. The van der Waals surface area contributed by atoms with Crippen LogP contribution in [0.15, 0.2) is 0 Å². The smallest absolute Gasteiger partial charge is 0.179 e. The number of nitrogens with two attached hydrogens (primary N) is 1. The average Bonchev–Trinajstić information content (AvgIpc) is 1.65. The lowest BCUT2D eigenvalue weighted by Crippen LogP contribution is -2.25. The molecule has 0 fully saturated rings. The molecule has 0 spiro atoms. The van der Waals surface area contributed by atoms with E-state index in [2.05, 4.69) is 4.84 Å². The van der Waals surface area contributed by atoms with Crippen molar-refractivity contribution < 1.29 is 13.3 Å². The minimum absolute atomic E-state index is 0. The molecule has 1 atom stereocenters. The van der Waals surface area contributed by atoms with E-state index in [4.69, 9.17) is 5.90 Å². The van der Waals surface area contributed by atoms with Crippen molar-refractivity contribution in [2.24, 2.45) is 5.90 Å². The zero-order chi connectivity index (χ0) is 7.49. The summed E-state index contributed by atoms with van der Waals surface area (Å²) < 4.78 is 21.2. The van der Waals surface area contributed by atoms with Gasteiger partial charge in [-0.2, -0.15) is 0 Å². The molecule has 0 aliphatic carbocycles. The van der Waals surface area contributed by atoms with E-state index in [1.165, 1.54) is 0 Å². The highest BCUT2D eigenvalue weighted by Crippen LogP contribution is 2.01. The maximum absolute atomic E-state index is 10.6. The van der Waals surface area contributed by atoms with Crippen LogP contribution in [0.1, 0.15) is 13.3 Å². The Labute approximate surface area is 67.0 Å². The van der Waals surface area contributed by atoms with E-state index in [1.807, 2.05) is 0 Å². The number of rotatable bonds is 3. The lowest BCUT2D eigenvalue weighted by atomic mass is 10.5. The van der Waals surface area contributed by atoms with Gasteiger partial charge in [-0.15, -0.1) is 12.4 Å². The third-order valence-corrected chi connectivity index (χ3v) is 2.36. The second-order valence-electron chi connectivity index (χ2n) is 1.80. The van der Waals surface area contributed by atoms with Gasteiger partial charge in [0.05, 0.1) is 0 Å². The molecule has 0 heterocycles. The van der Waals surface area contributed by atoms with Gasteiger partial charge in [0.2, 0.25) is 0 Å². The summed E-state index contributed by atoms with van der Waals surface area (Å²) in [5.41, 5.74) is -0.850. The molecule has 0 rings (SSSR count). The first kappa shape index (κ1) is 12.8. The molecule has 0 aliphatic rings. The van der Waals surface area contributed by atoms with Crippen LogP contribution in [0.25, 0.3) is 0 Å². The standard InChI is InChI=1S/C4H11NO3S.ClH/c1-3-4(8-5)9(2,6)7;/h4H,3,5H2,1-2H3;1H. The Bertz CT molecular complexity index is 163. The van der Waals surface area contributed by atoms with Crippen molar-refractivity contribution in [3.05, 3.63) is 0 Å². The van der Waals surface area contributed by atoms with Gasteiger partial charge in [-0.05, 0) is 6.42 Å². The van der Waals surface area contributed by atoms with Crippen LogP contribution in [-0.4, -0.2) is 20.1 Å². The Morgan fingerprint density at radius 2 is 2.00 bits per heavy atom. The molecule has 0 amide bonds. The van der Waals surface area contributed by atoms with Crippen LogP contribution in [-0.2, 0) is 14.7 Å². The fourth-order valence-corrected chi connectivity index (χ4v) is 1.31. The third kappa shape index (κ3) is 4.05. The summed E-state index contributed by atoms with van der Waals surface area (Å²) in [5.74, 6) is 4.69. The van der Waals surface area contributed by atoms with E-state index in [-0.39, 0.29) is 12.4 Å². The van der Waals surface area contributed by atoms with Crippen LogP contribution >= 0.6 is 12.4 Å². The first-order chi connectivity index (χ1) is 4.02. The Balaban J connectivity index is 0. The van der Waals surface area contributed by atoms with Crippen LogP contribution in [0.4, 0.5) is 0 Å². The zero-order valence-electron chi connectivity index (χ0n) is 5.90. The first-order valence-corrected chi connectivity index (χ1v) is 4.52. The van der Waals surface area contributed by atoms with Crippen molar-refractivity contribution in [3.63, 3.8) is 0 Å². The lowest BCUT2D eigenvalue weighted by Gasteiger charge is -2.07. The second-order valence-corrected chi connectivity index (χ2v) is 3.99. The van der Waals surface area contributed by atoms with E-state index < -0.39 is 15.3 Å². The van der Waals surface area contributed by atoms with Gasteiger partial charge in [0.25, 0.3) is 0 Å². The largest absolute Gasteiger partial charge is 0.285 e. The summed E-state index contributed by atoms with van der Waals surface area (Å²) in [5, 5.41) is 0. The van der Waals surface area contributed by atoms with Crippen molar-refractivity contribution in [2.75, 3.05) is 6.26 Å². The second kappa shape index (κ2) is 4.90. The van der Waals surface area contributed by atoms with Crippen LogP contribution < -0.4 is 5.90 Å². The molecule has 0 aromatic heterocycles. The van der Waals surface area contributed by atoms with E-state index >= 15 is 0 Å². The topological polar surface area (TPSA) is 69.4 Å². The number of halogens is 1. The third-order valence-electron chi connectivity index (χ3n) is 0.963. The van der Waals surface area contributed by atoms with Gasteiger partial charge in [0.15, 0.2) is 15.3 Å². The summed E-state index contributed by atoms with van der Waals surface area (Å²) in [7, 11) is -3.11. The molecule has 0 aromatic carbocycles. The Kier molecular flexibility index (Phi) is 6.27. The van der Waals surface area contributed by atoms with E-state index in [0.717, 1.165) is 6.26 Å². The van der Waals surface area contributed by atoms with E-state index in [0.29, 0.717) is 6.42 Å². The van der Waals surface area contributed by atoms with Gasteiger partial charge in [-0.25, -0.2) is 14.3 Å². The molecular weight excluding hydrogens is 178 g/mol. The van der Waals surface area contributed by atoms with Crippen molar-refractivity contribution in [2.45, 2.75) is 18.8 Å². The maximum atomic E-state index is 10.6. The number of hydrogen-bond donors (Lipinski definition) is 1. The van der Waals surface area contributed by atoms with Gasteiger partial charge in [0.1, 0.15) is 0 Å². The summed E-state index contributed by atoms with van der Waals surface area (Å²) in [6.07, 6.45) is 1.48. The first-order valence-electron chi connectivity index (χ1n) is 2.56. The molecule has 0 aromatic rings. The quantitative estimate of drug-likeness (QED) is 0.639. The molecule has 0 saturated carbocycles. The molecular formula is C4H12ClNO3S. The van der Waals surface area contributed by atoms with Crippen molar-refractivity contribution in [1.29, 1.82) is 0 Å². The highest BCUT2D eigenvalue weighted by atomic mass is 35.5. The maximum Gasteiger partial charge on any atom is 0.179 e. The minimum Gasteiger partial charge on any atom is -0.285 e. The molecule has 4 nitrogen and oxygen atoms in total. The van der Waals surface area contributed by atoms with Crippen LogP contribution in [0.2, 0.25) is 0 Å². The minimum atomic E-state index is -3.11. The summed E-state index contributed by atoms with van der Waals surface area (Å²) >= 11 is 0. The van der Waals surface area contributed by atoms with Gasteiger partial charge >= 0.3 is 0 Å². The SMILES string of the molecule is CCC(ON)S(C)(=O)=O.Cl. The predicted molar refractivity (Wildman–Crippen MR) is 41.4 cm³/mol. The monoisotopic (exact) mass is 189 g/mol. The lowest BCUT2D eigenvalue weighted by molar-refractivity contribution is 0.105. The molecule has 1 unspecified atom stereocenters. The van der Waals surface area contributed by atoms with Crippen LogP contribution in [0.3, 0.4) is 0 Å². The van der Waals surface area contributed by atoms with Crippen LogP contribution in [0.5, 0.6) is 0 Å². The van der Waals surface area contributed by atoms with Gasteiger partial charge < -0.3 is 0 Å². The van der Waals surface area contributed by atoms with Crippen LogP contribution in [0, 0.1) is 0 Å². The highest BCUT2D eigenvalue weighted by molar-refractivity contribution is 7.91. The molecule has 0 saturated heterocycles. The Morgan fingerprint density at radius 1 is 1.60 bits per heavy atom. The molecule has 64 valence electrons. The summed E-state index contributed by atoms with van der Waals surface area (Å²) in [6.45, 7) is 1.69. The van der Waals surface area contributed by atoms with E-state index in [1.54, 1.807) is 6.92 Å². The molecule has 0 aliphatic heterocycles. The highest BCUT2D eigenvalue weighted by Gasteiger charge is 2.17. The number of sulfone groups is 1. The molecule has 0 bridgehead atoms. The molecule has 10 heavy (non-hydrogen) atoms. The fourth-order valence-electron chi connectivity index (χ4n) is 0.500. The molecule has 6 heteroatoms. The van der Waals surface area contributed by atoms with Gasteiger partial charge in [-0.1, -0.05) is 6.92 Å². The average molecular weight is 190 g/mol. The summed E-state index contributed by atoms with van der Waals surface area (Å²) in [6, 6.07) is 0. The van der Waals surface area contributed by atoms with Crippen molar-refractivity contribution in [3.8, 4) is 0 Å². The van der Waals surface area contributed by atoms with Crippen molar-refractivity contribution in [1.82, 2.24) is 0 Å². The Hall–Kier alpha value is 0.160. The molecule has 0 radical (unpaired) electrons. The van der Waals surface area contributed by atoms with Gasteiger partial charge in [0, 0.05) is 6.26 Å². The van der Waals surface area contributed by atoms with E-state index in [9.17, 15) is 8.42 Å². The summed E-state index contributed by atoms with van der Waals surface area (Å²) in [4.78, 5) is 4.18. The fraction of sp³-hybridized carbons (Fsp3) is 1.00. The van der Waals surface area contributed by atoms with Gasteiger partial charge in [-0.3, -0.25) is 4.84 Å². The van der Waals surface area contributed by atoms with Crippen molar-refractivity contribution >= 4 is 22.2 Å². The normalized spacial score (nSPS) is 13.9. The Morgan fingerprint density at radius 3 is 2.00 bits per heavy atom. The zero-order valence-corrected chi connectivity index (χ0v) is 7.54.